The molecule has 0 aliphatic heterocycles. The first-order valence-corrected chi connectivity index (χ1v) is 4.53. The van der Waals surface area contributed by atoms with Gasteiger partial charge in [-0.2, -0.15) is 5.26 Å². The van der Waals surface area contributed by atoms with E-state index in [4.69, 9.17) is 14.7 Å². The summed E-state index contributed by atoms with van der Waals surface area (Å²) in [7, 11) is 0. The van der Waals surface area contributed by atoms with Crippen molar-refractivity contribution in [3.05, 3.63) is 29.8 Å². The molecule has 0 heterocycles. The van der Waals surface area contributed by atoms with Crippen LogP contribution in [0.4, 0.5) is 0 Å². The second-order valence-corrected chi connectivity index (χ2v) is 2.73. The van der Waals surface area contributed by atoms with Gasteiger partial charge in [-0.05, 0) is 24.6 Å². The third-order valence-corrected chi connectivity index (χ3v) is 1.67. The molecule has 0 aromatic heterocycles. The zero-order valence-corrected chi connectivity index (χ0v) is 8.19. The van der Waals surface area contributed by atoms with Crippen LogP contribution in [0.15, 0.2) is 24.3 Å². The van der Waals surface area contributed by atoms with E-state index in [1.54, 1.807) is 0 Å². The van der Waals surface area contributed by atoms with Crippen molar-refractivity contribution in [3.8, 4) is 11.8 Å². The van der Waals surface area contributed by atoms with Crippen molar-refractivity contribution in [3.63, 3.8) is 0 Å². The van der Waals surface area contributed by atoms with Crippen LogP contribution >= 0.6 is 0 Å². The topological polar surface area (TPSA) is 42.2 Å². The molecule has 1 aromatic carbocycles. The molecule has 0 bridgehead atoms. The number of nitrogens with zero attached hydrogens (tertiary/aromatic N) is 1. The monoisotopic (exact) mass is 191 g/mol. The second-order valence-electron chi connectivity index (χ2n) is 2.73. The Bertz CT molecular complexity index is 317. The van der Waals surface area contributed by atoms with Gasteiger partial charge in [0, 0.05) is 6.61 Å². The average Bonchev–Trinajstić information content (AvgIpc) is 2.24. The van der Waals surface area contributed by atoms with E-state index >= 15 is 0 Å². The normalized spacial score (nSPS) is 9.43. The van der Waals surface area contributed by atoms with Gasteiger partial charge in [-0.3, -0.25) is 0 Å². The van der Waals surface area contributed by atoms with Crippen LogP contribution in [0, 0.1) is 11.3 Å². The van der Waals surface area contributed by atoms with Crippen molar-refractivity contribution < 1.29 is 9.47 Å². The van der Waals surface area contributed by atoms with Crippen LogP contribution < -0.4 is 4.74 Å². The zero-order chi connectivity index (χ0) is 10.2. The molecule has 0 N–H and O–H groups in total. The standard InChI is InChI=1S/C11H13NO2/c1-2-13-9-10-4-3-5-11(8-10)14-7-6-12/h3-5,8H,2,7,9H2,1H3. The minimum atomic E-state index is 0.0814. The SMILES string of the molecule is CCOCc1cccc(OCC#N)c1. The van der Waals surface area contributed by atoms with E-state index < -0.39 is 0 Å². The van der Waals surface area contributed by atoms with E-state index in [-0.39, 0.29) is 6.61 Å². The van der Waals surface area contributed by atoms with E-state index in [9.17, 15) is 0 Å². The second kappa shape index (κ2) is 6.01. The summed E-state index contributed by atoms with van der Waals surface area (Å²) in [5.74, 6) is 0.712. The molecule has 0 saturated heterocycles. The van der Waals surface area contributed by atoms with Crippen LogP contribution in [0.3, 0.4) is 0 Å². The van der Waals surface area contributed by atoms with Crippen LogP contribution in [-0.4, -0.2) is 13.2 Å². The van der Waals surface area contributed by atoms with Gasteiger partial charge in [0.25, 0.3) is 0 Å². The van der Waals surface area contributed by atoms with E-state index in [1.165, 1.54) is 0 Å². The molecule has 0 amide bonds. The first-order chi connectivity index (χ1) is 6.86. The highest BCUT2D eigenvalue weighted by Gasteiger charge is 1.96. The van der Waals surface area contributed by atoms with Crippen molar-refractivity contribution in [2.45, 2.75) is 13.5 Å². The maximum Gasteiger partial charge on any atom is 0.174 e. The highest BCUT2D eigenvalue weighted by molar-refractivity contribution is 5.28. The van der Waals surface area contributed by atoms with Crippen LogP contribution in [-0.2, 0) is 11.3 Å². The summed E-state index contributed by atoms with van der Waals surface area (Å²) in [6.07, 6.45) is 0. The largest absolute Gasteiger partial charge is 0.479 e. The van der Waals surface area contributed by atoms with Gasteiger partial charge in [-0.1, -0.05) is 12.1 Å². The fourth-order valence-electron chi connectivity index (χ4n) is 1.06. The van der Waals surface area contributed by atoms with E-state index in [2.05, 4.69) is 0 Å². The van der Waals surface area contributed by atoms with Crippen molar-refractivity contribution in [2.75, 3.05) is 13.2 Å². The summed E-state index contributed by atoms with van der Waals surface area (Å²) < 4.78 is 10.4. The molecule has 0 aliphatic carbocycles. The molecule has 0 aliphatic rings. The van der Waals surface area contributed by atoms with E-state index in [0.717, 1.165) is 5.56 Å². The lowest BCUT2D eigenvalue weighted by Crippen LogP contribution is -1.96. The molecule has 74 valence electrons. The molecule has 1 aromatic rings. The molecule has 0 unspecified atom stereocenters. The number of rotatable bonds is 5. The molecule has 1 rings (SSSR count). The lowest BCUT2D eigenvalue weighted by atomic mass is 10.2. The minimum absolute atomic E-state index is 0.0814. The Balaban J connectivity index is 2.55. The van der Waals surface area contributed by atoms with Gasteiger partial charge >= 0.3 is 0 Å². The Morgan fingerprint density at radius 2 is 2.29 bits per heavy atom. The Morgan fingerprint density at radius 1 is 1.43 bits per heavy atom. The fourth-order valence-corrected chi connectivity index (χ4v) is 1.06. The predicted octanol–water partition coefficient (Wildman–Crippen LogP) is 2.13. The fraction of sp³-hybridized carbons (Fsp3) is 0.364. The average molecular weight is 191 g/mol. The lowest BCUT2D eigenvalue weighted by Gasteiger charge is -2.04. The van der Waals surface area contributed by atoms with Gasteiger partial charge in [0.15, 0.2) is 6.61 Å². The number of hydrogen-bond donors (Lipinski definition) is 0. The third kappa shape index (κ3) is 3.46. The summed E-state index contributed by atoms with van der Waals surface area (Å²) in [4.78, 5) is 0. The zero-order valence-electron chi connectivity index (χ0n) is 8.19. The Kier molecular flexibility index (Phi) is 4.53. The summed E-state index contributed by atoms with van der Waals surface area (Å²) in [6, 6.07) is 9.49. The molecule has 3 heteroatoms. The Hall–Kier alpha value is -1.53. The van der Waals surface area contributed by atoms with Gasteiger partial charge < -0.3 is 9.47 Å². The number of benzene rings is 1. The molecule has 14 heavy (non-hydrogen) atoms. The first kappa shape index (κ1) is 10.6. The van der Waals surface area contributed by atoms with Gasteiger partial charge in [0.2, 0.25) is 0 Å². The van der Waals surface area contributed by atoms with Crippen molar-refractivity contribution in [1.82, 2.24) is 0 Å². The summed E-state index contributed by atoms with van der Waals surface area (Å²) in [5, 5.41) is 8.34. The highest BCUT2D eigenvalue weighted by Crippen LogP contribution is 2.13. The molecule has 3 nitrogen and oxygen atoms in total. The molecular formula is C11H13NO2. The molecule has 0 radical (unpaired) electrons. The molecule has 0 atom stereocenters. The highest BCUT2D eigenvalue weighted by atomic mass is 16.5. The van der Waals surface area contributed by atoms with Gasteiger partial charge in [-0.25, -0.2) is 0 Å². The smallest absolute Gasteiger partial charge is 0.174 e. The quantitative estimate of drug-likeness (QED) is 0.716. The van der Waals surface area contributed by atoms with E-state index in [0.29, 0.717) is 19.0 Å². The minimum Gasteiger partial charge on any atom is -0.479 e. The Morgan fingerprint density at radius 3 is 3.00 bits per heavy atom. The molecular weight excluding hydrogens is 178 g/mol. The lowest BCUT2D eigenvalue weighted by molar-refractivity contribution is 0.134. The van der Waals surface area contributed by atoms with Crippen molar-refractivity contribution in [2.24, 2.45) is 0 Å². The maximum absolute atomic E-state index is 8.34. The number of nitriles is 1. The number of hydrogen-bond acceptors (Lipinski definition) is 3. The summed E-state index contributed by atoms with van der Waals surface area (Å²) >= 11 is 0. The van der Waals surface area contributed by atoms with Crippen LogP contribution in [0.2, 0.25) is 0 Å². The summed E-state index contributed by atoms with van der Waals surface area (Å²) in [5.41, 5.74) is 1.06. The molecule has 0 saturated carbocycles. The predicted molar refractivity (Wildman–Crippen MR) is 52.9 cm³/mol. The van der Waals surface area contributed by atoms with Crippen molar-refractivity contribution >= 4 is 0 Å². The van der Waals surface area contributed by atoms with Crippen LogP contribution in [0.5, 0.6) is 5.75 Å². The maximum atomic E-state index is 8.34. The van der Waals surface area contributed by atoms with Gasteiger partial charge in [0.05, 0.1) is 6.61 Å². The third-order valence-electron chi connectivity index (χ3n) is 1.67. The molecule has 0 fully saturated rings. The van der Waals surface area contributed by atoms with Gasteiger partial charge in [0.1, 0.15) is 11.8 Å². The van der Waals surface area contributed by atoms with Crippen molar-refractivity contribution in [1.29, 1.82) is 5.26 Å². The number of ether oxygens (including phenoxy) is 2. The molecule has 0 spiro atoms. The van der Waals surface area contributed by atoms with E-state index in [1.807, 2.05) is 37.3 Å². The Labute approximate surface area is 83.9 Å². The first-order valence-electron chi connectivity index (χ1n) is 4.53. The van der Waals surface area contributed by atoms with Crippen LogP contribution in [0.25, 0.3) is 0 Å². The van der Waals surface area contributed by atoms with Crippen LogP contribution in [0.1, 0.15) is 12.5 Å². The summed E-state index contributed by atoms with van der Waals surface area (Å²) in [6.45, 7) is 3.32. The van der Waals surface area contributed by atoms with Gasteiger partial charge in [-0.15, -0.1) is 0 Å².